The van der Waals surface area contributed by atoms with Crippen LogP contribution in [0.1, 0.15) is 23.5 Å². The van der Waals surface area contributed by atoms with Gasteiger partial charge in [0.05, 0.1) is 13.0 Å². The molecule has 122 valence electrons. The Bertz CT molecular complexity index is 777. The van der Waals surface area contributed by atoms with Gasteiger partial charge in [0.1, 0.15) is 5.75 Å². The minimum Gasteiger partial charge on any atom is -0.497 e. The van der Waals surface area contributed by atoms with E-state index >= 15 is 0 Å². The van der Waals surface area contributed by atoms with Crippen LogP contribution in [0.25, 0.3) is 0 Å². The Labute approximate surface area is 142 Å². The number of carbonyl (C=O) groups is 1. The largest absolute Gasteiger partial charge is 0.497 e. The molecule has 2 aromatic rings. The van der Waals surface area contributed by atoms with Crippen molar-refractivity contribution in [2.75, 3.05) is 20.2 Å². The lowest BCUT2D eigenvalue weighted by molar-refractivity contribution is -0.116. The Morgan fingerprint density at radius 3 is 2.46 bits per heavy atom. The zero-order valence-corrected chi connectivity index (χ0v) is 13.9. The highest BCUT2D eigenvalue weighted by Crippen LogP contribution is 2.40. The number of Topliss-reactive ketones (excluding diaryl/α,β-unsaturated/α-hetero) is 1. The lowest BCUT2D eigenvalue weighted by Crippen LogP contribution is -2.25. The molecule has 24 heavy (non-hydrogen) atoms. The van der Waals surface area contributed by atoms with Gasteiger partial charge >= 0.3 is 0 Å². The summed E-state index contributed by atoms with van der Waals surface area (Å²) in [5.41, 5.74) is 4.78. The maximum absolute atomic E-state index is 12.8. The maximum Gasteiger partial charge on any atom is 0.167 e. The van der Waals surface area contributed by atoms with Gasteiger partial charge in [0.25, 0.3) is 0 Å². The SMILES string of the molecule is COc1ccc(C2CC3=C(CN(Cc4ccccc4)C3)C2=O)cc1. The van der Waals surface area contributed by atoms with E-state index in [0.29, 0.717) is 5.78 Å². The molecule has 4 rings (SSSR count). The third kappa shape index (κ3) is 2.76. The van der Waals surface area contributed by atoms with Crippen molar-refractivity contribution in [2.24, 2.45) is 0 Å². The smallest absolute Gasteiger partial charge is 0.167 e. The van der Waals surface area contributed by atoms with Gasteiger partial charge in [-0.3, -0.25) is 9.69 Å². The van der Waals surface area contributed by atoms with Crippen molar-refractivity contribution < 1.29 is 9.53 Å². The van der Waals surface area contributed by atoms with Crippen LogP contribution in [-0.4, -0.2) is 30.9 Å². The molecule has 1 aliphatic heterocycles. The second kappa shape index (κ2) is 6.25. The second-order valence-corrected chi connectivity index (χ2v) is 6.61. The zero-order valence-electron chi connectivity index (χ0n) is 13.9. The average Bonchev–Trinajstić information content (AvgIpc) is 3.15. The van der Waals surface area contributed by atoms with Crippen LogP contribution in [0.15, 0.2) is 65.7 Å². The predicted octanol–water partition coefficient (Wildman–Crippen LogP) is 3.56. The summed E-state index contributed by atoms with van der Waals surface area (Å²) < 4.78 is 5.20. The van der Waals surface area contributed by atoms with Gasteiger partial charge in [-0.25, -0.2) is 0 Å². The van der Waals surface area contributed by atoms with E-state index in [1.165, 1.54) is 11.1 Å². The number of carbonyl (C=O) groups excluding carboxylic acids is 1. The van der Waals surface area contributed by atoms with E-state index in [0.717, 1.165) is 42.9 Å². The molecule has 0 radical (unpaired) electrons. The number of rotatable bonds is 4. The van der Waals surface area contributed by atoms with E-state index in [4.69, 9.17) is 4.74 Å². The molecule has 0 aromatic heterocycles. The van der Waals surface area contributed by atoms with Crippen LogP contribution in [0, 0.1) is 0 Å². The number of ether oxygens (including phenoxy) is 1. The molecular formula is C21H21NO2. The quantitative estimate of drug-likeness (QED) is 0.863. The van der Waals surface area contributed by atoms with Crippen LogP contribution in [0.2, 0.25) is 0 Å². The fourth-order valence-electron chi connectivity index (χ4n) is 3.80. The van der Waals surface area contributed by atoms with Crippen molar-refractivity contribution in [2.45, 2.75) is 18.9 Å². The molecule has 2 aliphatic rings. The predicted molar refractivity (Wildman–Crippen MR) is 94.1 cm³/mol. The Kier molecular flexibility index (Phi) is 3.95. The molecule has 0 bridgehead atoms. The van der Waals surface area contributed by atoms with Gasteiger partial charge in [-0.05, 0) is 35.3 Å². The molecule has 0 saturated heterocycles. The molecule has 0 amide bonds. The molecule has 2 aromatic carbocycles. The molecular weight excluding hydrogens is 298 g/mol. The highest BCUT2D eigenvalue weighted by Gasteiger charge is 2.38. The Hall–Kier alpha value is -2.39. The third-order valence-corrected chi connectivity index (χ3v) is 5.05. The summed E-state index contributed by atoms with van der Waals surface area (Å²) in [6.07, 6.45) is 0.867. The first-order chi connectivity index (χ1) is 11.7. The molecule has 0 saturated carbocycles. The molecule has 1 heterocycles. The summed E-state index contributed by atoms with van der Waals surface area (Å²) in [4.78, 5) is 15.2. The van der Waals surface area contributed by atoms with Gasteiger partial charge in [-0.15, -0.1) is 0 Å². The first-order valence-corrected chi connectivity index (χ1v) is 8.40. The van der Waals surface area contributed by atoms with Crippen LogP contribution < -0.4 is 4.74 Å². The van der Waals surface area contributed by atoms with E-state index < -0.39 is 0 Å². The molecule has 1 atom stereocenters. The van der Waals surface area contributed by atoms with Gasteiger partial charge in [0.2, 0.25) is 0 Å². The van der Waals surface area contributed by atoms with Crippen molar-refractivity contribution in [1.29, 1.82) is 0 Å². The highest BCUT2D eigenvalue weighted by molar-refractivity contribution is 6.04. The van der Waals surface area contributed by atoms with Crippen LogP contribution in [0.3, 0.4) is 0 Å². The minimum atomic E-state index is -0.000202. The number of likely N-dealkylation sites (tertiary alicyclic amines) is 1. The molecule has 0 spiro atoms. The standard InChI is InChI=1S/C21H21NO2/c1-24-18-9-7-16(8-10-18)19-11-17-13-22(14-20(17)21(19)23)12-15-5-3-2-4-6-15/h2-10,19H,11-14H2,1H3. The lowest BCUT2D eigenvalue weighted by atomic mass is 9.93. The van der Waals surface area contributed by atoms with Gasteiger partial charge in [-0.1, -0.05) is 42.5 Å². The van der Waals surface area contributed by atoms with Gasteiger partial charge in [0.15, 0.2) is 5.78 Å². The Morgan fingerprint density at radius 1 is 1.04 bits per heavy atom. The van der Waals surface area contributed by atoms with E-state index in [9.17, 15) is 4.79 Å². The van der Waals surface area contributed by atoms with E-state index in [1.54, 1.807) is 7.11 Å². The number of ketones is 1. The van der Waals surface area contributed by atoms with Crippen molar-refractivity contribution in [3.05, 3.63) is 76.9 Å². The summed E-state index contributed by atoms with van der Waals surface area (Å²) >= 11 is 0. The molecule has 3 nitrogen and oxygen atoms in total. The van der Waals surface area contributed by atoms with Crippen LogP contribution in [0.5, 0.6) is 5.75 Å². The summed E-state index contributed by atoms with van der Waals surface area (Å²) in [7, 11) is 1.66. The summed E-state index contributed by atoms with van der Waals surface area (Å²) in [6, 6.07) is 18.4. The maximum atomic E-state index is 12.8. The fourth-order valence-corrected chi connectivity index (χ4v) is 3.80. The number of hydrogen-bond acceptors (Lipinski definition) is 3. The van der Waals surface area contributed by atoms with Gasteiger partial charge < -0.3 is 4.74 Å². The zero-order chi connectivity index (χ0) is 16.5. The van der Waals surface area contributed by atoms with Crippen molar-refractivity contribution in [3.8, 4) is 5.75 Å². The Morgan fingerprint density at radius 2 is 1.79 bits per heavy atom. The van der Waals surface area contributed by atoms with Gasteiger partial charge in [-0.2, -0.15) is 0 Å². The average molecular weight is 319 g/mol. The van der Waals surface area contributed by atoms with Crippen molar-refractivity contribution >= 4 is 5.78 Å². The lowest BCUT2D eigenvalue weighted by Gasteiger charge is -2.20. The van der Waals surface area contributed by atoms with E-state index in [2.05, 4.69) is 29.2 Å². The number of methoxy groups -OCH3 is 1. The third-order valence-electron chi connectivity index (χ3n) is 5.05. The molecule has 3 heteroatoms. The molecule has 1 aliphatic carbocycles. The van der Waals surface area contributed by atoms with E-state index in [-0.39, 0.29) is 5.92 Å². The number of hydrogen-bond donors (Lipinski definition) is 0. The topological polar surface area (TPSA) is 29.5 Å². The summed E-state index contributed by atoms with van der Waals surface area (Å²) in [5.74, 6) is 1.14. The summed E-state index contributed by atoms with van der Waals surface area (Å²) in [6.45, 7) is 2.62. The highest BCUT2D eigenvalue weighted by atomic mass is 16.5. The first kappa shape index (κ1) is 15.2. The van der Waals surface area contributed by atoms with Crippen LogP contribution in [-0.2, 0) is 11.3 Å². The monoisotopic (exact) mass is 319 g/mol. The number of benzene rings is 2. The minimum absolute atomic E-state index is 0.000202. The Balaban J connectivity index is 1.43. The summed E-state index contributed by atoms with van der Waals surface area (Å²) in [5, 5.41) is 0. The van der Waals surface area contributed by atoms with Gasteiger partial charge in [0, 0.05) is 25.2 Å². The molecule has 0 N–H and O–H groups in total. The molecule has 0 fully saturated rings. The van der Waals surface area contributed by atoms with Crippen molar-refractivity contribution in [3.63, 3.8) is 0 Å². The van der Waals surface area contributed by atoms with E-state index in [1.807, 2.05) is 30.3 Å². The van der Waals surface area contributed by atoms with Crippen LogP contribution in [0.4, 0.5) is 0 Å². The number of nitrogens with zero attached hydrogens (tertiary/aromatic N) is 1. The normalized spacial score (nSPS) is 20.5. The fraction of sp³-hybridized carbons (Fsp3) is 0.286. The first-order valence-electron chi connectivity index (χ1n) is 8.40. The van der Waals surface area contributed by atoms with Crippen LogP contribution >= 0.6 is 0 Å². The second-order valence-electron chi connectivity index (χ2n) is 6.61. The van der Waals surface area contributed by atoms with Crippen molar-refractivity contribution in [1.82, 2.24) is 4.90 Å². The molecule has 1 unspecified atom stereocenters.